The second kappa shape index (κ2) is 6.29. The highest BCUT2D eigenvalue weighted by atomic mass is 16.2. The summed E-state index contributed by atoms with van der Waals surface area (Å²) in [5, 5.41) is 8.43. The van der Waals surface area contributed by atoms with Gasteiger partial charge in [0.25, 0.3) is 0 Å². The average molecular weight is 302 g/mol. The summed E-state index contributed by atoms with van der Waals surface area (Å²) in [5.74, 6) is 0.110. The largest absolute Gasteiger partial charge is 0.336 e. The minimum Gasteiger partial charge on any atom is -0.336 e. The van der Waals surface area contributed by atoms with Crippen LogP contribution in [0.1, 0.15) is 37.8 Å². The first-order valence-electron chi connectivity index (χ1n) is 7.79. The van der Waals surface area contributed by atoms with Crippen LogP contribution in [0.2, 0.25) is 0 Å². The van der Waals surface area contributed by atoms with E-state index in [1.807, 2.05) is 35.8 Å². The van der Waals surface area contributed by atoms with E-state index in [2.05, 4.69) is 15.2 Å². The number of aryl methyl sites for hydroxylation is 1. The van der Waals surface area contributed by atoms with E-state index in [1.54, 1.807) is 11.0 Å². The lowest BCUT2D eigenvalue weighted by Crippen LogP contribution is -2.48. The van der Waals surface area contributed by atoms with E-state index in [4.69, 9.17) is 0 Å². The first-order chi connectivity index (χ1) is 10.6. The number of hydrogen-bond acceptors (Lipinski definition) is 4. The lowest BCUT2D eigenvalue weighted by molar-refractivity contribution is -0.138. The summed E-state index contributed by atoms with van der Waals surface area (Å²) in [6.07, 6.45) is 10.2. The molecule has 1 fully saturated rings. The number of amides is 1. The highest BCUT2D eigenvalue weighted by Gasteiger charge is 2.31. The van der Waals surface area contributed by atoms with Crippen LogP contribution >= 0.6 is 0 Å². The van der Waals surface area contributed by atoms with Crippen LogP contribution in [0.15, 0.2) is 25.0 Å². The van der Waals surface area contributed by atoms with E-state index < -0.39 is 0 Å². The highest BCUT2D eigenvalue weighted by Crippen LogP contribution is 2.22. The van der Waals surface area contributed by atoms with E-state index in [0.717, 1.165) is 37.9 Å². The minimum absolute atomic E-state index is 0.110. The van der Waals surface area contributed by atoms with Crippen molar-refractivity contribution in [2.24, 2.45) is 0 Å². The zero-order chi connectivity index (χ0) is 15.5. The van der Waals surface area contributed by atoms with Crippen molar-refractivity contribution < 1.29 is 4.79 Å². The Hall–Kier alpha value is -2.18. The molecular weight excluding hydrogens is 280 g/mol. The lowest BCUT2D eigenvalue weighted by Gasteiger charge is -2.37. The maximum atomic E-state index is 12.8. The fourth-order valence-corrected chi connectivity index (χ4v) is 3.03. The lowest BCUT2D eigenvalue weighted by atomic mass is 10.0. The molecule has 22 heavy (non-hydrogen) atoms. The SMILES string of the molecule is Cc1cnn(C[C@@H]2CCCCN2C(=O)[C@H](C)n2cncn2)c1. The second-order valence-electron chi connectivity index (χ2n) is 5.97. The van der Waals surface area contributed by atoms with Crippen LogP contribution < -0.4 is 0 Å². The van der Waals surface area contributed by atoms with Gasteiger partial charge < -0.3 is 4.90 Å². The molecule has 2 aromatic heterocycles. The molecule has 3 heterocycles. The van der Waals surface area contributed by atoms with Crippen LogP contribution in [-0.4, -0.2) is 47.9 Å². The van der Waals surface area contributed by atoms with Crippen molar-refractivity contribution in [3.05, 3.63) is 30.6 Å². The van der Waals surface area contributed by atoms with Gasteiger partial charge in [-0.1, -0.05) is 0 Å². The highest BCUT2D eigenvalue weighted by molar-refractivity contribution is 5.80. The van der Waals surface area contributed by atoms with Crippen molar-refractivity contribution in [3.8, 4) is 0 Å². The van der Waals surface area contributed by atoms with Crippen LogP contribution in [0.3, 0.4) is 0 Å². The molecule has 7 nitrogen and oxygen atoms in total. The zero-order valence-corrected chi connectivity index (χ0v) is 13.1. The van der Waals surface area contributed by atoms with Crippen molar-refractivity contribution in [1.29, 1.82) is 0 Å². The van der Waals surface area contributed by atoms with E-state index in [-0.39, 0.29) is 18.0 Å². The second-order valence-corrected chi connectivity index (χ2v) is 5.97. The van der Waals surface area contributed by atoms with Crippen LogP contribution in [0.4, 0.5) is 0 Å². The van der Waals surface area contributed by atoms with Gasteiger partial charge in [0.2, 0.25) is 5.91 Å². The fraction of sp³-hybridized carbons (Fsp3) is 0.600. The molecule has 0 radical (unpaired) electrons. The van der Waals surface area contributed by atoms with Gasteiger partial charge in [0.15, 0.2) is 0 Å². The number of carbonyl (C=O) groups is 1. The summed E-state index contributed by atoms with van der Waals surface area (Å²) >= 11 is 0. The van der Waals surface area contributed by atoms with Crippen LogP contribution in [-0.2, 0) is 11.3 Å². The Labute approximate surface area is 129 Å². The molecule has 1 aliphatic heterocycles. The topological polar surface area (TPSA) is 68.8 Å². The number of carbonyl (C=O) groups excluding carboxylic acids is 1. The first kappa shape index (κ1) is 14.7. The van der Waals surface area contributed by atoms with Crippen molar-refractivity contribution in [2.75, 3.05) is 6.54 Å². The van der Waals surface area contributed by atoms with Gasteiger partial charge >= 0.3 is 0 Å². The van der Waals surface area contributed by atoms with E-state index in [0.29, 0.717) is 0 Å². The summed E-state index contributed by atoms with van der Waals surface area (Å²) in [5.41, 5.74) is 1.14. The molecular formula is C15H22N6O. The van der Waals surface area contributed by atoms with E-state index in [1.165, 1.54) is 6.33 Å². The normalized spacial score (nSPS) is 20.1. The van der Waals surface area contributed by atoms with Gasteiger partial charge in [-0.05, 0) is 38.7 Å². The molecule has 1 saturated heterocycles. The molecule has 0 spiro atoms. The van der Waals surface area contributed by atoms with E-state index in [9.17, 15) is 4.79 Å². The van der Waals surface area contributed by atoms with Crippen molar-refractivity contribution in [3.63, 3.8) is 0 Å². The third kappa shape index (κ3) is 3.03. The summed E-state index contributed by atoms with van der Waals surface area (Å²) in [4.78, 5) is 18.7. The number of rotatable bonds is 4. The molecule has 0 bridgehead atoms. The fourth-order valence-electron chi connectivity index (χ4n) is 3.03. The third-order valence-corrected chi connectivity index (χ3v) is 4.26. The molecule has 2 aromatic rings. The molecule has 1 aliphatic rings. The predicted molar refractivity (Wildman–Crippen MR) is 81.0 cm³/mol. The first-order valence-corrected chi connectivity index (χ1v) is 7.79. The van der Waals surface area contributed by atoms with Gasteiger partial charge in [0.05, 0.1) is 18.8 Å². The molecule has 0 aliphatic carbocycles. The van der Waals surface area contributed by atoms with Crippen LogP contribution in [0, 0.1) is 6.92 Å². The molecule has 3 rings (SSSR count). The molecule has 0 aromatic carbocycles. The summed E-state index contributed by atoms with van der Waals surface area (Å²) < 4.78 is 3.55. The summed E-state index contributed by atoms with van der Waals surface area (Å²) in [6, 6.07) is -0.117. The van der Waals surface area contributed by atoms with Gasteiger partial charge in [-0.15, -0.1) is 0 Å². The monoisotopic (exact) mass is 302 g/mol. The van der Waals surface area contributed by atoms with Crippen molar-refractivity contribution in [1.82, 2.24) is 29.4 Å². The van der Waals surface area contributed by atoms with Crippen molar-refractivity contribution in [2.45, 2.75) is 51.7 Å². The summed E-state index contributed by atoms with van der Waals surface area (Å²) in [6.45, 7) is 5.47. The maximum absolute atomic E-state index is 12.8. The standard InChI is InChI=1S/C15H22N6O/c1-12-7-17-19(8-12)9-14-5-3-4-6-20(14)15(22)13(2)21-11-16-10-18-21/h7-8,10-11,13-14H,3-6,9H2,1-2H3/t13-,14-/m0/s1. The van der Waals surface area contributed by atoms with Gasteiger partial charge in [-0.3, -0.25) is 9.48 Å². The van der Waals surface area contributed by atoms with Crippen LogP contribution in [0.25, 0.3) is 0 Å². The Morgan fingerprint density at radius 3 is 2.95 bits per heavy atom. The number of nitrogens with zero attached hydrogens (tertiary/aromatic N) is 6. The molecule has 0 saturated carbocycles. The number of hydrogen-bond donors (Lipinski definition) is 0. The number of likely N-dealkylation sites (tertiary alicyclic amines) is 1. The summed E-state index contributed by atoms with van der Waals surface area (Å²) in [7, 11) is 0. The van der Waals surface area contributed by atoms with Gasteiger partial charge in [0.1, 0.15) is 18.7 Å². The molecule has 0 N–H and O–H groups in total. The Balaban J connectivity index is 1.73. The predicted octanol–water partition coefficient (Wildman–Crippen LogP) is 1.43. The van der Waals surface area contributed by atoms with Gasteiger partial charge in [-0.25, -0.2) is 9.67 Å². The Bertz CT molecular complexity index is 620. The molecule has 7 heteroatoms. The third-order valence-electron chi connectivity index (χ3n) is 4.26. The molecule has 1 amide bonds. The maximum Gasteiger partial charge on any atom is 0.247 e. The van der Waals surface area contributed by atoms with Gasteiger partial charge in [-0.2, -0.15) is 10.2 Å². The quantitative estimate of drug-likeness (QED) is 0.856. The Morgan fingerprint density at radius 1 is 1.41 bits per heavy atom. The van der Waals surface area contributed by atoms with Crippen molar-refractivity contribution >= 4 is 5.91 Å². The Morgan fingerprint density at radius 2 is 2.27 bits per heavy atom. The molecule has 2 atom stereocenters. The average Bonchev–Trinajstić information content (AvgIpc) is 3.18. The Kier molecular flexibility index (Phi) is 4.22. The van der Waals surface area contributed by atoms with E-state index >= 15 is 0 Å². The number of piperidine rings is 1. The molecule has 118 valence electrons. The number of aromatic nitrogens is 5. The zero-order valence-electron chi connectivity index (χ0n) is 13.1. The van der Waals surface area contributed by atoms with Crippen LogP contribution in [0.5, 0.6) is 0 Å². The minimum atomic E-state index is -0.317. The smallest absolute Gasteiger partial charge is 0.247 e. The molecule has 0 unspecified atom stereocenters. The van der Waals surface area contributed by atoms with Gasteiger partial charge in [0, 0.05) is 12.7 Å².